The normalized spacial score (nSPS) is 18.0. The Kier molecular flexibility index (Phi) is 11.2. The van der Waals surface area contributed by atoms with Gasteiger partial charge in [0.2, 0.25) is 5.88 Å². The smallest absolute Gasteiger partial charge is 0.410 e. The number of benzene rings is 1. The summed E-state index contributed by atoms with van der Waals surface area (Å²) < 4.78 is 24.8. The molecule has 0 radical (unpaired) electrons. The minimum absolute atomic E-state index is 0.0241. The third-order valence-corrected chi connectivity index (χ3v) is 9.08. The van der Waals surface area contributed by atoms with E-state index in [4.69, 9.17) is 23.9 Å². The molecule has 1 aliphatic heterocycles. The predicted molar refractivity (Wildman–Crippen MR) is 167 cm³/mol. The highest BCUT2D eigenvalue weighted by molar-refractivity contribution is 6.76. The van der Waals surface area contributed by atoms with E-state index in [2.05, 4.69) is 29.9 Å². The van der Waals surface area contributed by atoms with Gasteiger partial charge in [0.05, 0.1) is 24.9 Å². The van der Waals surface area contributed by atoms with Crippen LogP contribution < -0.4 is 10.1 Å². The Bertz CT molecular complexity index is 1360. The fourth-order valence-electron chi connectivity index (χ4n) is 4.89. The van der Waals surface area contributed by atoms with Crippen LogP contribution in [-0.4, -0.2) is 84.6 Å². The number of methoxy groups -OCH3 is 1. The first-order valence-electron chi connectivity index (χ1n) is 14.9. The lowest BCUT2D eigenvalue weighted by molar-refractivity contribution is 0.0324. The first-order valence-corrected chi connectivity index (χ1v) is 18.6. The van der Waals surface area contributed by atoms with Crippen LogP contribution >= 0.6 is 0 Å². The molecule has 2 amide bonds. The Morgan fingerprint density at radius 3 is 2.65 bits per heavy atom. The van der Waals surface area contributed by atoms with Gasteiger partial charge in [0.25, 0.3) is 5.91 Å². The Balaban J connectivity index is 1.48. The van der Waals surface area contributed by atoms with Gasteiger partial charge in [-0.05, 0) is 38.3 Å². The van der Waals surface area contributed by atoms with Gasteiger partial charge >= 0.3 is 6.09 Å². The Labute approximate surface area is 254 Å². The number of hydrogen-bond acceptors (Lipinski definition) is 8. The highest BCUT2D eigenvalue weighted by Crippen LogP contribution is 2.25. The number of amides is 2. The van der Waals surface area contributed by atoms with E-state index < -0.39 is 8.07 Å². The summed E-state index contributed by atoms with van der Waals surface area (Å²) in [6.45, 7) is 12.7. The highest BCUT2D eigenvalue weighted by atomic mass is 28.3. The summed E-state index contributed by atoms with van der Waals surface area (Å²) in [6.07, 6.45) is 4.13. The summed E-state index contributed by atoms with van der Waals surface area (Å²) in [5.41, 5.74) is 2.28. The molecule has 1 fully saturated rings. The second-order valence-electron chi connectivity index (χ2n) is 12.4. The van der Waals surface area contributed by atoms with E-state index in [0.29, 0.717) is 42.4 Å². The number of likely N-dealkylation sites (tertiary alicyclic amines) is 1. The molecular weight excluding hydrogens is 566 g/mol. The summed E-state index contributed by atoms with van der Waals surface area (Å²) >= 11 is 0. The zero-order valence-electron chi connectivity index (χ0n) is 26.2. The summed E-state index contributed by atoms with van der Waals surface area (Å²) in [7, 11) is 0.354. The number of ether oxygens (including phenoxy) is 4. The monoisotopic (exact) mass is 611 g/mol. The molecule has 0 unspecified atom stereocenters. The minimum Gasteiger partial charge on any atom is -0.471 e. The Morgan fingerprint density at radius 2 is 1.93 bits per heavy atom. The molecule has 1 saturated heterocycles. The maximum atomic E-state index is 13.3. The van der Waals surface area contributed by atoms with E-state index in [0.717, 1.165) is 24.4 Å². The molecule has 0 spiro atoms. The second-order valence-corrected chi connectivity index (χ2v) is 18.1. The van der Waals surface area contributed by atoms with Gasteiger partial charge in [-0.1, -0.05) is 50.0 Å². The summed E-state index contributed by atoms with van der Waals surface area (Å²) in [4.78, 5) is 37.2. The average molecular weight is 612 g/mol. The van der Waals surface area contributed by atoms with Gasteiger partial charge in [0, 0.05) is 40.1 Å². The van der Waals surface area contributed by atoms with Crippen molar-refractivity contribution in [2.24, 2.45) is 0 Å². The van der Waals surface area contributed by atoms with Crippen LogP contribution in [0.1, 0.15) is 42.6 Å². The zero-order valence-corrected chi connectivity index (χ0v) is 27.2. The van der Waals surface area contributed by atoms with Crippen LogP contribution in [0.25, 0.3) is 11.2 Å². The van der Waals surface area contributed by atoms with Crippen molar-refractivity contribution in [2.75, 3.05) is 26.9 Å². The van der Waals surface area contributed by atoms with Crippen molar-refractivity contribution in [3.05, 3.63) is 53.9 Å². The van der Waals surface area contributed by atoms with Crippen molar-refractivity contribution in [2.45, 2.75) is 83.9 Å². The molecule has 1 aromatic carbocycles. The average Bonchev–Trinajstić information content (AvgIpc) is 3.33. The standard InChI is InChI=1S/C31H45N5O6Si/c1-22(19-39-3)33-30(37)26-18-35(21-40-14-15-43(4,5)6)29-28(26)34-27(16-32-29)42-25-13-12-23(2)36(17-25)31(38)41-20-24-10-8-7-9-11-24/h7-11,16,18,22-23,25H,12-15,17,19-21H2,1-6H3,(H,33,37)/t22-,23+,25-/m0/s1. The molecule has 11 nitrogen and oxygen atoms in total. The largest absolute Gasteiger partial charge is 0.471 e. The van der Waals surface area contributed by atoms with Crippen molar-refractivity contribution in [3.63, 3.8) is 0 Å². The number of nitrogens with zero attached hydrogens (tertiary/aromatic N) is 4. The number of piperidine rings is 1. The van der Waals surface area contributed by atoms with Crippen LogP contribution in [0.15, 0.2) is 42.7 Å². The Morgan fingerprint density at radius 1 is 1.16 bits per heavy atom. The van der Waals surface area contributed by atoms with E-state index in [-0.39, 0.29) is 43.5 Å². The molecule has 234 valence electrons. The summed E-state index contributed by atoms with van der Waals surface area (Å²) in [5.74, 6) is 0.0155. The van der Waals surface area contributed by atoms with Gasteiger partial charge in [-0.3, -0.25) is 4.79 Å². The van der Waals surface area contributed by atoms with Crippen LogP contribution in [0.5, 0.6) is 5.88 Å². The molecule has 3 aromatic rings. The molecular formula is C31H45N5O6Si. The van der Waals surface area contributed by atoms with Crippen LogP contribution in [0, 0.1) is 0 Å². The predicted octanol–water partition coefficient (Wildman–Crippen LogP) is 5.08. The van der Waals surface area contributed by atoms with Gasteiger partial charge in [0.1, 0.15) is 25.0 Å². The SMILES string of the molecule is COC[C@H](C)NC(=O)c1cn(COCC[Si](C)(C)C)c2ncc(O[C@H]3CC[C@@H](C)N(C(=O)OCc4ccccc4)C3)nc12. The molecule has 4 rings (SSSR count). The van der Waals surface area contributed by atoms with Crippen molar-refractivity contribution >= 4 is 31.2 Å². The van der Waals surface area contributed by atoms with Crippen molar-refractivity contribution in [1.82, 2.24) is 24.8 Å². The summed E-state index contributed by atoms with van der Waals surface area (Å²) in [5, 5.41) is 2.96. The number of hydrogen-bond donors (Lipinski definition) is 1. The molecule has 12 heteroatoms. The van der Waals surface area contributed by atoms with Gasteiger partial charge in [-0.25, -0.2) is 14.8 Å². The number of fused-ring (bicyclic) bond motifs is 1. The minimum atomic E-state index is -1.24. The first kappa shape index (κ1) is 32.4. The lowest BCUT2D eigenvalue weighted by Gasteiger charge is -2.36. The molecule has 0 saturated carbocycles. The van der Waals surface area contributed by atoms with Crippen LogP contribution in [-0.2, 0) is 27.5 Å². The number of nitrogens with one attached hydrogen (secondary N) is 1. The van der Waals surface area contributed by atoms with Crippen molar-refractivity contribution < 1.29 is 28.5 Å². The van der Waals surface area contributed by atoms with Crippen LogP contribution in [0.2, 0.25) is 25.7 Å². The third-order valence-electron chi connectivity index (χ3n) is 7.37. The lowest BCUT2D eigenvalue weighted by Crippen LogP contribution is -2.49. The topological polar surface area (TPSA) is 117 Å². The molecule has 3 atom stereocenters. The number of carbonyl (C=O) groups is 2. The fourth-order valence-corrected chi connectivity index (χ4v) is 5.65. The highest BCUT2D eigenvalue weighted by Gasteiger charge is 2.32. The third kappa shape index (κ3) is 9.25. The van der Waals surface area contributed by atoms with Crippen molar-refractivity contribution in [1.29, 1.82) is 0 Å². The maximum Gasteiger partial charge on any atom is 0.410 e. The molecule has 0 aliphatic carbocycles. The van der Waals surface area contributed by atoms with Crippen molar-refractivity contribution in [3.8, 4) is 5.88 Å². The second kappa shape index (κ2) is 14.8. The zero-order chi connectivity index (χ0) is 31.0. The van der Waals surface area contributed by atoms with Crippen LogP contribution in [0.4, 0.5) is 4.79 Å². The van der Waals surface area contributed by atoms with E-state index in [1.165, 1.54) is 0 Å². The first-order chi connectivity index (χ1) is 20.5. The molecule has 43 heavy (non-hydrogen) atoms. The summed E-state index contributed by atoms with van der Waals surface area (Å²) in [6, 6.07) is 10.5. The van der Waals surface area contributed by atoms with Crippen LogP contribution in [0.3, 0.4) is 0 Å². The number of aromatic nitrogens is 3. The molecule has 2 aromatic heterocycles. The van der Waals surface area contributed by atoms with Gasteiger partial charge in [-0.2, -0.15) is 0 Å². The van der Waals surface area contributed by atoms with Gasteiger partial charge in [0.15, 0.2) is 5.65 Å². The van der Waals surface area contributed by atoms with E-state index in [9.17, 15) is 9.59 Å². The number of rotatable bonds is 13. The van der Waals surface area contributed by atoms with Gasteiger partial charge < -0.3 is 33.7 Å². The lowest BCUT2D eigenvalue weighted by atomic mass is 10.0. The van der Waals surface area contributed by atoms with E-state index >= 15 is 0 Å². The molecule has 1 aliphatic rings. The molecule has 3 heterocycles. The maximum absolute atomic E-state index is 13.3. The molecule has 1 N–H and O–H groups in total. The fraction of sp³-hybridized carbons (Fsp3) is 0.548. The van der Waals surface area contributed by atoms with Gasteiger partial charge in [-0.15, -0.1) is 0 Å². The Hall–Kier alpha value is -3.48. The van der Waals surface area contributed by atoms with E-state index in [1.54, 1.807) is 29.0 Å². The number of carbonyl (C=O) groups excluding carboxylic acids is 2. The van der Waals surface area contributed by atoms with E-state index in [1.807, 2.05) is 44.2 Å². The molecule has 0 bridgehead atoms. The quantitative estimate of drug-likeness (QED) is 0.210.